The van der Waals surface area contributed by atoms with Crippen molar-refractivity contribution in [3.63, 3.8) is 0 Å². The van der Waals surface area contributed by atoms with Crippen LogP contribution in [0.5, 0.6) is 0 Å². The van der Waals surface area contributed by atoms with Gasteiger partial charge in [-0.1, -0.05) is 24.3 Å². The smallest absolute Gasteiger partial charge is 0.313 e. The van der Waals surface area contributed by atoms with Crippen LogP contribution in [0.2, 0.25) is 0 Å². The molecule has 112 valence electrons. The van der Waals surface area contributed by atoms with Crippen LogP contribution in [0, 0.1) is 0 Å². The summed E-state index contributed by atoms with van der Waals surface area (Å²) < 4.78 is 0. The lowest BCUT2D eigenvalue weighted by molar-refractivity contribution is -0.142. The van der Waals surface area contributed by atoms with Gasteiger partial charge in [-0.15, -0.1) is 6.58 Å². The van der Waals surface area contributed by atoms with Gasteiger partial charge in [-0.25, -0.2) is 0 Å². The van der Waals surface area contributed by atoms with E-state index >= 15 is 0 Å². The molecule has 0 aromatic heterocycles. The SMILES string of the molecule is C=CCc1cc(C(C)(C)C(=O)O)cc2c1NC(C)(C)C=C2. The van der Waals surface area contributed by atoms with Gasteiger partial charge in [0.1, 0.15) is 0 Å². The highest BCUT2D eigenvalue weighted by atomic mass is 16.4. The van der Waals surface area contributed by atoms with Gasteiger partial charge in [-0.05, 0) is 56.9 Å². The number of carboxylic acid groups (broad SMARTS) is 1. The first-order chi connectivity index (χ1) is 9.67. The molecular formula is C18H23NO2. The van der Waals surface area contributed by atoms with E-state index < -0.39 is 11.4 Å². The van der Waals surface area contributed by atoms with Crippen molar-refractivity contribution in [3.05, 3.63) is 47.6 Å². The van der Waals surface area contributed by atoms with Gasteiger partial charge >= 0.3 is 5.97 Å². The second-order valence-corrected chi connectivity index (χ2v) is 6.70. The van der Waals surface area contributed by atoms with Crippen LogP contribution in [0.25, 0.3) is 6.08 Å². The highest BCUT2D eigenvalue weighted by Gasteiger charge is 2.31. The van der Waals surface area contributed by atoms with E-state index in [2.05, 4.69) is 37.9 Å². The molecular weight excluding hydrogens is 262 g/mol. The third-order valence-electron chi connectivity index (χ3n) is 4.00. The lowest BCUT2D eigenvalue weighted by Gasteiger charge is -2.32. The van der Waals surface area contributed by atoms with Gasteiger partial charge in [0.05, 0.1) is 11.0 Å². The van der Waals surface area contributed by atoms with Gasteiger partial charge in [0.2, 0.25) is 0 Å². The Kier molecular flexibility index (Phi) is 3.70. The zero-order chi connectivity index (χ0) is 15.8. The van der Waals surface area contributed by atoms with E-state index in [1.54, 1.807) is 13.8 Å². The van der Waals surface area contributed by atoms with Gasteiger partial charge in [0, 0.05) is 5.69 Å². The molecule has 2 rings (SSSR count). The Hall–Kier alpha value is -2.03. The molecule has 21 heavy (non-hydrogen) atoms. The maximum atomic E-state index is 11.5. The van der Waals surface area contributed by atoms with E-state index in [4.69, 9.17) is 0 Å². The minimum atomic E-state index is -0.911. The standard InChI is InChI=1S/C18H23NO2/c1-6-7-12-10-14(18(4,5)16(20)21)11-13-8-9-17(2,3)19-15(12)13/h6,8-11,19H,1,7H2,2-5H3,(H,20,21). The Morgan fingerprint density at radius 3 is 2.67 bits per heavy atom. The molecule has 1 aliphatic heterocycles. The summed E-state index contributed by atoms with van der Waals surface area (Å²) in [6, 6.07) is 3.95. The number of nitrogens with one attached hydrogen (secondary N) is 1. The molecule has 0 atom stereocenters. The zero-order valence-electron chi connectivity index (χ0n) is 13.2. The monoisotopic (exact) mass is 285 g/mol. The largest absolute Gasteiger partial charge is 0.481 e. The summed E-state index contributed by atoms with van der Waals surface area (Å²) in [5, 5.41) is 13.0. The van der Waals surface area contributed by atoms with Gasteiger partial charge in [0.15, 0.2) is 0 Å². The molecule has 3 heteroatoms. The molecule has 0 radical (unpaired) electrons. The molecule has 2 N–H and O–H groups in total. The molecule has 0 aliphatic carbocycles. The number of carboxylic acids is 1. The van der Waals surface area contributed by atoms with Gasteiger partial charge < -0.3 is 10.4 Å². The molecule has 0 saturated heterocycles. The van der Waals surface area contributed by atoms with Crippen molar-refractivity contribution in [1.82, 2.24) is 0 Å². The van der Waals surface area contributed by atoms with Crippen molar-refractivity contribution >= 4 is 17.7 Å². The number of hydrogen-bond acceptors (Lipinski definition) is 2. The Balaban J connectivity index is 2.62. The van der Waals surface area contributed by atoms with Crippen LogP contribution in [0.3, 0.4) is 0 Å². The van der Waals surface area contributed by atoms with E-state index in [-0.39, 0.29) is 5.54 Å². The van der Waals surface area contributed by atoms with Crippen molar-refractivity contribution < 1.29 is 9.90 Å². The highest BCUT2D eigenvalue weighted by molar-refractivity contribution is 5.83. The van der Waals surface area contributed by atoms with E-state index in [1.807, 2.05) is 18.2 Å². The summed E-state index contributed by atoms with van der Waals surface area (Å²) in [6.07, 6.45) is 6.73. The third kappa shape index (κ3) is 2.87. The van der Waals surface area contributed by atoms with Crippen LogP contribution in [-0.4, -0.2) is 16.6 Å². The lowest BCUT2D eigenvalue weighted by Crippen LogP contribution is -2.32. The van der Waals surface area contributed by atoms with Crippen LogP contribution in [-0.2, 0) is 16.6 Å². The molecule has 0 fully saturated rings. The topological polar surface area (TPSA) is 49.3 Å². The van der Waals surface area contributed by atoms with Gasteiger partial charge in [0.25, 0.3) is 0 Å². The maximum Gasteiger partial charge on any atom is 0.313 e. The minimum absolute atomic E-state index is 0.104. The number of fused-ring (bicyclic) bond motifs is 1. The molecule has 1 aliphatic rings. The van der Waals surface area contributed by atoms with E-state index in [0.717, 1.165) is 22.4 Å². The molecule has 1 heterocycles. The molecule has 1 aromatic carbocycles. The molecule has 3 nitrogen and oxygen atoms in total. The molecule has 0 spiro atoms. The van der Waals surface area contributed by atoms with Gasteiger partial charge in [-0.3, -0.25) is 4.79 Å². The molecule has 0 saturated carbocycles. The predicted molar refractivity (Wildman–Crippen MR) is 87.7 cm³/mol. The van der Waals surface area contributed by atoms with Crippen molar-refractivity contribution in [3.8, 4) is 0 Å². The van der Waals surface area contributed by atoms with Crippen LogP contribution in [0.4, 0.5) is 5.69 Å². The fraction of sp³-hybridized carbons (Fsp3) is 0.389. The van der Waals surface area contributed by atoms with Crippen LogP contribution in [0.1, 0.15) is 44.4 Å². The maximum absolute atomic E-state index is 11.5. The number of anilines is 1. The highest BCUT2D eigenvalue weighted by Crippen LogP contribution is 2.36. The fourth-order valence-corrected chi connectivity index (χ4v) is 2.47. The normalized spacial score (nSPS) is 16.0. The Bertz CT molecular complexity index is 624. The van der Waals surface area contributed by atoms with Crippen molar-refractivity contribution in [2.24, 2.45) is 0 Å². The lowest BCUT2D eigenvalue weighted by atomic mass is 9.81. The second-order valence-electron chi connectivity index (χ2n) is 6.70. The summed E-state index contributed by atoms with van der Waals surface area (Å²) in [4.78, 5) is 11.5. The third-order valence-corrected chi connectivity index (χ3v) is 4.00. The molecule has 0 bridgehead atoms. The minimum Gasteiger partial charge on any atom is -0.481 e. The van der Waals surface area contributed by atoms with Crippen LogP contribution in [0.15, 0.2) is 30.9 Å². The second kappa shape index (κ2) is 5.06. The average Bonchev–Trinajstić information content (AvgIpc) is 2.38. The number of aliphatic carboxylic acids is 1. The summed E-state index contributed by atoms with van der Waals surface area (Å²) in [5.41, 5.74) is 3.00. The molecule has 0 amide bonds. The first-order valence-electron chi connectivity index (χ1n) is 7.16. The van der Waals surface area contributed by atoms with E-state index in [9.17, 15) is 9.90 Å². The quantitative estimate of drug-likeness (QED) is 0.822. The van der Waals surface area contributed by atoms with Crippen LogP contribution < -0.4 is 5.32 Å². The fourth-order valence-electron chi connectivity index (χ4n) is 2.47. The first kappa shape index (κ1) is 15.4. The predicted octanol–water partition coefficient (Wildman–Crippen LogP) is 3.99. The number of benzene rings is 1. The van der Waals surface area contributed by atoms with Crippen molar-refractivity contribution in [2.45, 2.75) is 45.1 Å². The Morgan fingerprint density at radius 2 is 2.10 bits per heavy atom. The number of allylic oxidation sites excluding steroid dienone is 1. The zero-order valence-corrected chi connectivity index (χ0v) is 13.2. The number of carbonyl (C=O) groups is 1. The summed E-state index contributed by atoms with van der Waals surface area (Å²) >= 11 is 0. The van der Waals surface area contributed by atoms with Gasteiger partial charge in [-0.2, -0.15) is 0 Å². The Morgan fingerprint density at radius 1 is 1.43 bits per heavy atom. The summed E-state index contributed by atoms with van der Waals surface area (Å²) in [6.45, 7) is 11.5. The number of rotatable bonds is 4. The average molecular weight is 285 g/mol. The summed E-state index contributed by atoms with van der Waals surface area (Å²) in [5.74, 6) is -0.819. The number of hydrogen-bond donors (Lipinski definition) is 2. The van der Waals surface area contributed by atoms with E-state index in [0.29, 0.717) is 6.42 Å². The van der Waals surface area contributed by atoms with Crippen molar-refractivity contribution in [2.75, 3.05) is 5.32 Å². The first-order valence-corrected chi connectivity index (χ1v) is 7.16. The van der Waals surface area contributed by atoms with Crippen LogP contribution >= 0.6 is 0 Å². The van der Waals surface area contributed by atoms with Crippen molar-refractivity contribution in [1.29, 1.82) is 0 Å². The molecule has 0 unspecified atom stereocenters. The summed E-state index contributed by atoms with van der Waals surface area (Å²) in [7, 11) is 0. The molecule has 1 aromatic rings. The Labute approximate surface area is 126 Å². The van der Waals surface area contributed by atoms with E-state index in [1.165, 1.54) is 0 Å².